The Morgan fingerprint density at radius 2 is 1.57 bits per heavy atom. The highest BCUT2D eigenvalue weighted by Gasteiger charge is 2.41. The van der Waals surface area contributed by atoms with E-state index >= 15 is 0 Å². The molecule has 28 heavy (non-hydrogen) atoms. The number of carbonyl (C=O) groups excluding carboxylic acids is 3. The lowest BCUT2D eigenvalue weighted by Gasteiger charge is -2.30. The molecule has 1 aliphatic heterocycles. The molecule has 1 aliphatic rings. The molecule has 0 saturated carbocycles. The van der Waals surface area contributed by atoms with Crippen LogP contribution in [-0.2, 0) is 22.4 Å². The fourth-order valence-corrected chi connectivity index (χ4v) is 3.17. The van der Waals surface area contributed by atoms with Gasteiger partial charge in [-0.15, -0.1) is 0 Å². The van der Waals surface area contributed by atoms with Crippen LogP contribution in [0.3, 0.4) is 0 Å². The number of rotatable bonds is 6. The summed E-state index contributed by atoms with van der Waals surface area (Å²) in [6.07, 6.45) is 0.989. The van der Waals surface area contributed by atoms with Crippen molar-refractivity contribution in [3.63, 3.8) is 0 Å². The van der Waals surface area contributed by atoms with E-state index in [1.54, 1.807) is 30.3 Å². The number of imide groups is 2. The number of hydrogen-bond donors (Lipinski definition) is 1. The fraction of sp³-hybridized carbons (Fsp3) is 0.286. The summed E-state index contributed by atoms with van der Waals surface area (Å²) in [5.41, 5.74) is 2.25. The first-order valence-corrected chi connectivity index (χ1v) is 8.97. The number of benzene rings is 2. The van der Waals surface area contributed by atoms with Gasteiger partial charge in [-0.25, -0.2) is 9.69 Å². The van der Waals surface area contributed by atoms with Gasteiger partial charge in [-0.3, -0.25) is 14.9 Å². The maximum absolute atomic E-state index is 13.0. The van der Waals surface area contributed by atoms with Crippen LogP contribution < -0.4 is 19.7 Å². The molecule has 0 aliphatic carbocycles. The first kappa shape index (κ1) is 19.4. The van der Waals surface area contributed by atoms with E-state index in [9.17, 15) is 14.4 Å². The third-order valence-corrected chi connectivity index (χ3v) is 4.76. The lowest BCUT2D eigenvalue weighted by atomic mass is 9.95. The third-order valence-electron chi connectivity index (χ3n) is 4.76. The standard InChI is InChI=1S/C21H22N2O5/c1-4-13-5-8-15(9-6-13)23-20(25)16(19(24)22-21(23)26)11-14-7-10-17(27-2)18(12-14)28-3/h5-10,12,16H,4,11H2,1-3H3,(H,22,24,26)/t16-/m0/s1. The predicted octanol–water partition coefficient (Wildman–Crippen LogP) is 2.71. The average molecular weight is 382 g/mol. The molecule has 7 nitrogen and oxygen atoms in total. The fourth-order valence-electron chi connectivity index (χ4n) is 3.17. The van der Waals surface area contributed by atoms with Crippen LogP contribution in [0.15, 0.2) is 42.5 Å². The molecule has 2 aromatic rings. The van der Waals surface area contributed by atoms with E-state index in [0.717, 1.165) is 22.4 Å². The molecular formula is C21H22N2O5. The van der Waals surface area contributed by atoms with Gasteiger partial charge in [0.1, 0.15) is 5.92 Å². The van der Waals surface area contributed by atoms with Crippen molar-refractivity contribution in [1.29, 1.82) is 0 Å². The summed E-state index contributed by atoms with van der Waals surface area (Å²) in [6.45, 7) is 2.02. The van der Waals surface area contributed by atoms with Gasteiger partial charge in [0.05, 0.1) is 19.9 Å². The van der Waals surface area contributed by atoms with Crippen LogP contribution in [0.25, 0.3) is 0 Å². The molecule has 3 rings (SSSR count). The molecule has 0 radical (unpaired) electrons. The van der Waals surface area contributed by atoms with E-state index in [2.05, 4.69) is 5.32 Å². The largest absolute Gasteiger partial charge is 0.493 e. The summed E-state index contributed by atoms with van der Waals surface area (Å²) in [5, 5.41) is 2.28. The molecule has 4 amide bonds. The third kappa shape index (κ3) is 3.69. The summed E-state index contributed by atoms with van der Waals surface area (Å²) >= 11 is 0. The molecule has 0 aromatic heterocycles. The molecule has 1 heterocycles. The summed E-state index contributed by atoms with van der Waals surface area (Å²) in [7, 11) is 3.05. The molecule has 1 saturated heterocycles. The molecule has 1 atom stereocenters. The number of anilines is 1. The highest BCUT2D eigenvalue weighted by molar-refractivity contribution is 6.27. The normalized spacial score (nSPS) is 16.8. The maximum Gasteiger partial charge on any atom is 0.335 e. The summed E-state index contributed by atoms with van der Waals surface area (Å²) < 4.78 is 10.5. The number of carbonyl (C=O) groups is 3. The molecule has 1 N–H and O–H groups in total. The Balaban J connectivity index is 1.87. The number of aryl methyl sites for hydroxylation is 1. The Kier molecular flexibility index (Phi) is 5.63. The number of nitrogens with one attached hydrogen (secondary N) is 1. The number of urea groups is 1. The van der Waals surface area contributed by atoms with Crippen LogP contribution in [0, 0.1) is 5.92 Å². The van der Waals surface area contributed by atoms with E-state index in [1.807, 2.05) is 19.1 Å². The van der Waals surface area contributed by atoms with Crippen molar-refractivity contribution in [1.82, 2.24) is 5.32 Å². The van der Waals surface area contributed by atoms with Gasteiger partial charge in [-0.1, -0.05) is 25.1 Å². The van der Waals surface area contributed by atoms with Gasteiger partial charge >= 0.3 is 6.03 Å². The molecule has 0 bridgehead atoms. The van der Waals surface area contributed by atoms with E-state index in [1.165, 1.54) is 14.2 Å². The maximum atomic E-state index is 13.0. The van der Waals surface area contributed by atoms with Crippen molar-refractivity contribution in [3.8, 4) is 11.5 Å². The van der Waals surface area contributed by atoms with Gasteiger partial charge in [0.2, 0.25) is 11.8 Å². The Hall–Kier alpha value is -3.35. The Morgan fingerprint density at radius 1 is 0.929 bits per heavy atom. The molecule has 0 spiro atoms. The quantitative estimate of drug-likeness (QED) is 0.777. The van der Waals surface area contributed by atoms with E-state index in [4.69, 9.17) is 9.47 Å². The van der Waals surface area contributed by atoms with Gasteiger partial charge in [-0.2, -0.15) is 0 Å². The number of ether oxygens (including phenoxy) is 2. The number of hydrogen-bond acceptors (Lipinski definition) is 5. The highest BCUT2D eigenvalue weighted by Crippen LogP contribution is 2.30. The van der Waals surface area contributed by atoms with Gasteiger partial charge in [-0.05, 0) is 48.2 Å². The summed E-state index contributed by atoms with van der Waals surface area (Å²) in [6, 6.07) is 11.6. The lowest BCUT2D eigenvalue weighted by Crippen LogP contribution is -2.58. The molecule has 146 valence electrons. The summed E-state index contributed by atoms with van der Waals surface area (Å²) in [5.74, 6) is -1.11. The van der Waals surface area contributed by atoms with Crippen LogP contribution in [0.5, 0.6) is 11.5 Å². The minimum atomic E-state index is -1.01. The molecule has 7 heteroatoms. The van der Waals surface area contributed by atoms with Gasteiger partial charge in [0.15, 0.2) is 11.5 Å². The minimum Gasteiger partial charge on any atom is -0.493 e. The smallest absolute Gasteiger partial charge is 0.335 e. The Bertz CT molecular complexity index is 908. The molecule has 1 fully saturated rings. The van der Waals surface area contributed by atoms with Crippen molar-refractivity contribution < 1.29 is 23.9 Å². The number of barbiturate groups is 1. The zero-order valence-electron chi connectivity index (χ0n) is 16.0. The number of nitrogens with zero attached hydrogens (tertiary/aromatic N) is 1. The van der Waals surface area contributed by atoms with Crippen LogP contribution in [0.1, 0.15) is 18.1 Å². The lowest BCUT2D eigenvalue weighted by molar-refractivity contribution is -0.134. The first-order chi connectivity index (χ1) is 13.5. The SMILES string of the molecule is CCc1ccc(N2C(=O)NC(=O)[C@H](Cc3ccc(OC)c(OC)c3)C2=O)cc1. The van der Waals surface area contributed by atoms with Crippen LogP contribution in [-0.4, -0.2) is 32.1 Å². The van der Waals surface area contributed by atoms with Crippen molar-refractivity contribution in [2.24, 2.45) is 5.92 Å². The van der Waals surface area contributed by atoms with Gasteiger partial charge in [0, 0.05) is 0 Å². The predicted molar refractivity (Wildman–Crippen MR) is 104 cm³/mol. The van der Waals surface area contributed by atoms with Gasteiger partial charge in [0.25, 0.3) is 0 Å². The Labute approximate surface area is 163 Å². The second-order valence-corrected chi connectivity index (χ2v) is 6.43. The van der Waals surface area contributed by atoms with Crippen LogP contribution in [0.2, 0.25) is 0 Å². The van der Waals surface area contributed by atoms with Crippen LogP contribution in [0.4, 0.5) is 10.5 Å². The Morgan fingerprint density at radius 3 is 2.18 bits per heavy atom. The van der Waals surface area contributed by atoms with Crippen molar-refractivity contribution in [2.45, 2.75) is 19.8 Å². The minimum absolute atomic E-state index is 0.141. The van der Waals surface area contributed by atoms with Crippen molar-refractivity contribution >= 4 is 23.5 Å². The topological polar surface area (TPSA) is 84.9 Å². The zero-order chi connectivity index (χ0) is 20.3. The molecule has 2 aromatic carbocycles. The highest BCUT2D eigenvalue weighted by atomic mass is 16.5. The van der Waals surface area contributed by atoms with Crippen LogP contribution >= 0.6 is 0 Å². The van der Waals surface area contributed by atoms with Gasteiger partial charge < -0.3 is 9.47 Å². The van der Waals surface area contributed by atoms with Crippen molar-refractivity contribution in [3.05, 3.63) is 53.6 Å². The first-order valence-electron chi connectivity index (χ1n) is 8.97. The van der Waals surface area contributed by atoms with Crippen molar-refractivity contribution in [2.75, 3.05) is 19.1 Å². The molecule has 0 unspecified atom stereocenters. The van der Waals surface area contributed by atoms with E-state index < -0.39 is 23.8 Å². The number of methoxy groups -OCH3 is 2. The average Bonchev–Trinajstić information content (AvgIpc) is 2.71. The summed E-state index contributed by atoms with van der Waals surface area (Å²) in [4.78, 5) is 38.6. The second-order valence-electron chi connectivity index (χ2n) is 6.43. The second kappa shape index (κ2) is 8.12. The monoisotopic (exact) mass is 382 g/mol. The van der Waals surface area contributed by atoms with E-state index in [-0.39, 0.29) is 6.42 Å². The molecular weight excluding hydrogens is 360 g/mol. The van der Waals surface area contributed by atoms with E-state index in [0.29, 0.717) is 17.2 Å². The number of amides is 4. The zero-order valence-corrected chi connectivity index (χ0v) is 16.0.